The normalized spacial score (nSPS) is 19.9. The summed E-state index contributed by atoms with van der Waals surface area (Å²) in [6.07, 6.45) is 0.394. The highest BCUT2D eigenvalue weighted by Crippen LogP contribution is 2.31. The van der Waals surface area contributed by atoms with E-state index in [0.29, 0.717) is 12.1 Å². The van der Waals surface area contributed by atoms with Crippen LogP contribution >= 0.6 is 0 Å². The molecule has 2 aromatic rings. The van der Waals surface area contributed by atoms with E-state index in [0.717, 1.165) is 29.5 Å². The maximum Gasteiger partial charge on any atom is 0.270 e. The van der Waals surface area contributed by atoms with Crippen molar-refractivity contribution in [1.29, 1.82) is 0 Å². The Kier molecular flexibility index (Phi) is 4.36. The lowest BCUT2D eigenvalue weighted by molar-refractivity contribution is -0.00710. The number of ether oxygens (including phenoxy) is 1. The van der Waals surface area contributed by atoms with Crippen LogP contribution in [-0.4, -0.2) is 21.8 Å². The summed E-state index contributed by atoms with van der Waals surface area (Å²) in [5.74, 6) is -1.46. The average Bonchev–Trinajstić information content (AvgIpc) is 2.84. The van der Waals surface area contributed by atoms with Crippen LogP contribution in [0.3, 0.4) is 0 Å². The number of carbonyl (C=O) groups excluding carboxylic acids is 1. The molecule has 1 amide bonds. The standard InChI is InChI=1S/C17H19F2N3O2/c1-9-6-13-15(10(2)24-9)21-22(3)16(13)17(23)20-8-11-7-12(18)4-5-14(11)19/h4-5,7,9-10H,6,8H2,1-3H3,(H,20,23)/t9-,10+/m1/s1. The minimum Gasteiger partial charge on any atom is -0.369 e. The Morgan fingerprint density at radius 2 is 2.17 bits per heavy atom. The van der Waals surface area contributed by atoms with E-state index in [1.54, 1.807) is 7.05 Å². The molecule has 0 bridgehead atoms. The minimum absolute atomic E-state index is 0.0103. The topological polar surface area (TPSA) is 56.2 Å². The molecule has 7 heteroatoms. The van der Waals surface area contributed by atoms with Crippen LogP contribution in [0, 0.1) is 11.6 Å². The summed E-state index contributed by atoms with van der Waals surface area (Å²) < 4.78 is 34.1. The predicted octanol–water partition coefficient (Wildman–Crippen LogP) is 2.65. The Hall–Kier alpha value is -2.28. The lowest BCUT2D eigenvalue weighted by Crippen LogP contribution is -2.28. The fraction of sp³-hybridized carbons (Fsp3) is 0.412. The first kappa shape index (κ1) is 16.6. The van der Waals surface area contributed by atoms with Crippen molar-refractivity contribution in [3.8, 4) is 0 Å². The lowest BCUT2D eigenvalue weighted by atomic mass is 9.99. The molecule has 3 rings (SSSR count). The van der Waals surface area contributed by atoms with E-state index in [1.165, 1.54) is 4.68 Å². The molecule has 24 heavy (non-hydrogen) atoms. The summed E-state index contributed by atoms with van der Waals surface area (Å²) in [6, 6.07) is 3.16. The second-order valence-corrected chi connectivity index (χ2v) is 6.05. The molecule has 0 spiro atoms. The molecule has 2 heterocycles. The fourth-order valence-electron chi connectivity index (χ4n) is 3.09. The Labute approximate surface area is 138 Å². The van der Waals surface area contributed by atoms with E-state index in [-0.39, 0.29) is 30.2 Å². The monoisotopic (exact) mass is 335 g/mol. The van der Waals surface area contributed by atoms with Gasteiger partial charge in [-0.25, -0.2) is 8.78 Å². The number of nitrogens with zero attached hydrogens (tertiary/aromatic N) is 2. The van der Waals surface area contributed by atoms with Gasteiger partial charge in [0.25, 0.3) is 5.91 Å². The zero-order valence-electron chi connectivity index (χ0n) is 13.8. The van der Waals surface area contributed by atoms with Gasteiger partial charge in [0.05, 0.1) is 17.9 Å². The molecule has 0 radical (unpaired) electrons. The van der Waals surface area contributed by atoms with Crippen molar-refractivity contribution in [2.24, 2.45) is 7.05 Å². The van der Waals surface area contributed by atoms with Gasteiger partial charge in [-0.05, 0) is 32.0 Å². The Balaban J connectivity index is 1.82. The average molecular weight is 335 g/mol. The molecule has 1 aliphatic rings. The van der Waals surface area contributed by atoms with Gasteiger partial charge in [0, 0.05) is 31.1 Å². The summed E-state index contributed by atoms with van der Waals surface area (Å²) in [4.78, 5) is 12.6. The van der Waals surface area contributed by atoms with Crippen molar-refractivity contribution in [2.75, 3.05) is 0 Å². The molecule has 1 aromatic carbocycles. The van der Waals surface area contributed by atoms with Crippen molar-refractivity contribution in [1.82, 2.24) is 15.1 Å². The van der Waals surface area contributed by atoms with Gasteiger partial charge in [-0.3, -0.25) is 9.48 Å². The van der Waals surface area contributed by atoms with Gasteiger partial charge in [0.1, 0.15) is 17.3 Å². The summed E-state index contributed by atoms with van der Waals surface area (Å²) in [5.41, 5.74) is 2.13. The summed E-state index contributed by atoms with van der Waals surface area (Å²) in [5, 5.41) is 7.01. The number of hydrogen-bond acceptors (Lipinski definition) is 3. The van der Waals surface area contributed by atoms with E-state index in [4.69, 9.17) is 4.74 Å². The van der Waals surface area contributed by atoms with Gasteiger partial charge < -0.3 is 10.1 Å². The van der Waals surface area contributed by atoms with Crippen molar-refractivity contribution < 1.29 is 18.3 Å². The third-order valence-electron chi connectivity index (χ3n) is 4.15. The zero-order valence-corrected chi connectivity index (χ0v) is 13.8. The lowest BCUT2D eigenvalue weighted by Gasteiger charge is -2.24. The van der Waals surface area contributed by atoms with E-state index < -0.39 is 11.6 Å². The number of aromatic nitrogens is 2. The third-order valence-corrected chi connectivity index (χ3v) is 4.15. The van der Waals surface area contributed by atoms with Gasteiger partial charge in [-0.15, -0.1) is 0 Å². The van der Waals surface area contributed by atoms with Crippen molar-refractivity contribution >= 4 is 5.91 Å². The van der Waals surface area contributed by atoms with Gasteiger partial charge in [0.15, 0.2) is 0 Å². The molecular formula is C17H19F2N3O2. The number of benzene rings is 1. The first-order chi connectivity index (χ1) is 11.4. The molecule has 0 unspecified atom stereocenters. The maximum absolute atomic E-state index is 13.7. The molecule has 1 N–H and O–H groups in total. The minimum atomic E-state index is -0.556. The van der Waals surface area contributed by atoms with Crippen LogP contribution in [0.4, 0.5) is 8.78 Å². The third kappa shape index (κ3) is 3.03. The number of aryl methyl sites for hydroxylation is 1. The molecule has 0 fully saturated rings. The summed E-state index contributed by atoms with van der Waals surface area (Å²) in [6.45, 7) is 3.74. The van der Waals surface area contributed by atoms with Gasteiger partial charge in [-0.1, -0.05) is 0 Å². The SMILES string of the molecule is C[C@@H]1Cc2c(nn(C)c2C(=O)NCc2cc(F)ccc2F)[C@H](C)O1. The largest absolute Gasteiger partial charge is 0.369 e. The van der Waals surface area contributed by atoms with Crippen LogP contribution in [-0.2, 0) is 24.8 Å². The highest BCUT2D eigenvalue weighted by molar-refractivity contribution is 5.94. The number of hydrogen-bond donors (Lipinski definition) is 1. The van der Waals surface area contributed by atoms with Crippen molar-refractivity contribution in [3.05, 3.63) is 52.3 Å². The Bertz CT molecular complexity index is 788. The molecule has 0 saturated carbocycles. The number of amides is 1. The summed E-state index contributed by atoms with van der Waals surface area (Å²) >= 11 is 0. The van der Waals surface area contributed by atoms with Gasteiger partial charge in [-0.2, -0.15) is 5.10 Å². The Morgan fingerprint density at radius 1 is 1.42 bits per heavy atom. The number of carbonyl (C=O) groups is 1. The number of fused-ring (bicyclic) bond motifs is 1. The molecule has 0 saturated heterocycles. The molecule has 1 aliphatic heterocycles. The van der Waals surface area contributed by atoms with Crippen LogP contribution in [0.15, 0.2) is 18.2 Å². The number of nitrogens with one attached hydrogen (secondary N) is 1. The van der Waals surface area contributed by atoms with Crippen LogP contribution in [0.25, 0.3) is 0 Å². The van der Waals surface area contributed by atoms with Crippen LogP contribution in [0.1, 0.15) is 47.3 Å². The second kappa shape index (κ2) is 6.32. The highest BCUT2D eigenvalue weighted by atomic mass is 19.1. The first-order valence-electron chi connectivity index (χ1n) is 7.80. The predicted molar refractivity (Wildman–Crippen MR) is 83.4 cm³/mol. The summed E-state index contributed by atoms with van der Waals surface area (Å²) in [7, 11) is 1.69. The second-order valence-electron chi connectivity index (χ2n) is 6.05. The van der Waals surface area contributed by atoms with Gasteiger partial charge in [0.2, 0.25) is 0 Å². The molecule has 5 nitrogen and oxygen atoms in total. The van der Waals surface area contributed by atoms with E-state index in [2.05, 4.69) is 10.4 Å². The quantitative estimate of drug-likeness (QED) is 0.938. The molecule has 1 aromatic heterocycles. The maximum atomic E-state index is 13.7. The molecular weight excluding hydrogens is 316 g/mol. The Morgan fingerprint density at radius 3 is 2.92 bits per heavy atom. The highest BCUT2D eigenvalue weighted by Gasteiger charge is 2.31. The van der Waals surface area contributed by atoms with Crippen LogP contribution < -0.4 is 5.32 Å². The smallest absolute Gasteiger partial charge is 0.270 e. The van der Waals surface area contributed by atoms with E-state index >= 15 is 0 Å². The number of rotatable bonds is 3. The van der Waals surface area contributed by atoms with Crippen molar-refractivity contribution in [2.45, 2.75) is 39.0 Å². The van der Waals surface area contributed by atoms with Gasteiger partial charge >= 0.3 is 0 Å². The van der Waals surface area contributed by atoms with E-state index in [9.17, 15) is 13.6 Å². The first-order valence-corrected chi connectivity index (χ1v) is 7.80. The van der Waals surface area contributed by atoms with Crippen LogP contribution in [0.5, 0.6) is 0 Å². The van der Waals surface area contributed by atoms with Crippen molar-refractivity contribution in [3.63, 3.8) is 0 Å². The molecule has 0 aliphatic carbocycles. The van der Waals surface area contributed by atoms with Crippen LogP contribution in [0.2, 0.25) is 0 Å². The fourth-order valence-corrected chi connectivity index (χ4v) is 3.09. The molecule has 128 valence electrons. The molecule has 2 atom stereocenters. The van der Waals surface area contributed by atoms with E-state index in [1.807, 2.05) is 13.8 Å². The number of halogens is 2. The zero-order chi connectivity index (χ0) is 17.4.